The van der Waals surface area contributed by atoms with Gasteiger partial charge in [0.15, 0.2) is 9.34 Å². The van der Waals surface area contributed by atoms with Gasteiger partial charge in [-0.3, -0.25) is 9.80 Å². The van der Waals surface area contributed by atoms with Crippen molar-refractivity contribution in [1.82, 2.24) is 34.4 Å². The maximum absolute atomic E-state index is 13.3. The highest BCUT2D eigenvalue weighted by Gasteiger charge is 2.32. The Bertz CT molecular complexity index is 1750. The molecule has 2 unspecified atom stereocenters. The van der Waals surface area contributed by atoms with E-state index >= 15 is 0 Å². The topological polar surface area (TPSA) is 98.6 Å². The Balaban J connectivity index is 0.000000335. The molecule has 0 aliphatic carbocycles. The molecule has 2 aromatic heterocycles. The summed E-state index contributed by atoms with van der Waals surface area (Å²) in [6, 6.07) is 15.7. The van der Waals surface area contributed by atoms with Crippen molar-refractivity contribution >= 4 is 26.5 Å². The first-order valence-electron chi connectivity index (χ1n) is 18.1. The van der Waals surface area contributed by atoms with Crippen LogP contribution in [0, 0.1) is 5.82 Å². The molecule has 270 valence electrons. The predicted molar refractivity (Wildman–Crippen MR) is 200 cm³/mol. The lowest BCUT2D eigenvalue weighted by Gasteiger charge is -2.37. The number of benzene rings is 2. The van der Waals surface area contributed by atoms with Gasteiger partial charge >= 0.3 is 0 Å². The second-order valence-corrected chi connectivity index (χ2v) is 16.1. The lowest BCUT2D eigenvalue weighted by Crippen LogP contribution is -2.50. The minimum atomic E-state index is -3.72. The van der Waals surface area contributed by atoms with Gasteiger partial charge in [0.25, 0.3) is 10.0 Å². The number of piperazine rings is 2. The van der Waals surface area contributed by atoms with E-state index in [-0.39, 0.29) is 16.6 Å². The number of hydrogen-bond donors (Lipinski definition) is 2. The fraction of sp³-hybridized carbons (Fsp3) is 0.514. The highest BCUT2D eigenvalue weighted by atomic mass is 32.2. The monoisotopic (exact) mass is 722 g/mol. The largest absolute Gasteiger partial charge is 0.345 e. The van der Waals surface area contributed by atoms with E-state index in [1.54, 1.807) is 24.7 Å². The number of nitrogens with zero attached hydrogens (tertiary/aromatic N) is 6. The summed E-state index contributed by atoms with van der Waals surface area (Å²) in [6.45, 7) is 13.8. The number of halogens is 1. The number of aromatic nitrogens is 3. The third-order valence-corrected chi connectivity index (χ3v) is 13.0. The van der Waals surface area contributed by atoms with Crippen molar-refractivity contribution in [1.29, 1.82) is 0 Å². The summed E-state index contributed by atoms with van der Waals surface area (Å²) in [6.07, 6.45) is 11.0. The number of sulfonamides is 1. The predicted octanol–water partition coefficient (Wildman–Crippen LogP) is 5.23. The van der Waals surface area contributed by atoms with Crippen LogP contribution in [0.15, 0.2) is 71.5 Å². The van der Waals surface area contributed by atoms with Crippen LogP contribution in [0.5, 0.6) is 0 Å². The summed E-state index contributed by atoms with van der Waals surface area (Å²) in [7, 11) is -3.72. The van der Waals surface area contributed by atoms with Crippen molar-refractivity contribution in [3.8, 4) is 11.3 Å². The maximum atomic E-state index is 13.3. The molecule has 0 amide bonds. The molecular weight excluding hydrogens is 672 g/mol. The van der Waals surface area contributed by atoms with Crippen molar-refractivity contribution < 1.29 is 12.8 Å². The molecule has 4 saturated heterocycles. The van der Waals surface area contributed by atoms with Gasteiger partial charge in [-0.2, -0.15) is 0 Å². The molecule has 0 bridgehead atoms. The van der Waals surface area contributed by atoms with Crippen LogP contribution in [-0.2, 0) is 29.5 Å². The standard InChI is InChI=1S/C28H31FN6O2S2.C7H14N2.C2H6/c29-23-9-7-21(8-10-23)11-13-35-20-30-17-26(35)25-6-2-1-4-22(25)16-32-39(36,37)27-18-31-28(38-27)34-15-14-33-12-3-5-24(33)19-34;1-2-7-6-8-3-5-9(7)4-1;1-2/h1-2,4,6-10,17-18,20,24,32H,3,5,11-16,19H2;7-8H,1-6H2;1-2H3. The first-order chi connectivity index (χ1) is 24.4. The molecule has 4 aromatic rings. The quantitative estimate of drug-likeness (QED) is 0.243. The maximum Gasteiger partial charge on any atom is 0.252 e. The average Bonchev–Trinajstić information content (AvgIpc) is 3.99. The number of anilines is 1. The van der Waals surface area contributed by atoms with Crippen molar-refractivity contribution in [2.45, 2.75) is 75.3 Å². The molecule has 13 heteroatoms. The summed E-state index contributed by atoms with van der Waals surface area (Å²) >= 11 is 1.23. The molecule has 2 N–H and O–H groups in total. The van der Waals surface area contributed by atoms with E-state index in [1.807, 2.05) is 42.7 Å². The fourth-order valence-electron chi connectivity index (χ4n) is 7.39. The lowest BCUT2D eigenvalue weighted by molar-refractivity contribution is 0.212. The highest BCUT2D eigenvalue weighted by molar-refractivity contribution is 7.91. The highest BCUT2D eigenvalue weighted by Crippen LogP contribution is 2.31. The minimum Gasteiger partial charge on any atom is -0.345 e. The van der Waals surface area contributed by atoms with Crippen LogP contribution in [0.4, 0.5) is 9.52 Å². The van der Waals surface area contributed by atoms with Gasteiger partial charge in [0, 0.05) is 70.0 Å². The molecule has 4 aliphatic heterocycles. The van der Waals surface area contributed by atoms with Crippen molar-refractivity contribution in [3.05, 3.63) is 84.2 Å². The van der Waals surface area contributed by atoms with E-state index in [1.165, 1.54) is 81.5 Å². The van der Waals surface area contributed by atoms with Crippen LogP contribution in [0.2, 0.25) is 0 Å². The summed E-state index contributed by atoms with van der Waals surface area (Å²) in [5.41, 5.74) is 3.70. The van der Waals surface area contributed by atoms with Gasteiger partial charge in [-0.1, -0.05) is 61.6 Å². The third kappa shape index (κ3) is 8.99. The number of nitrogens with one attached hydrogen (secondary N) is 2. The summed E-state index contributed by atoms with van der Waals surface area (Å²) < 4.78 is 44.7. The van der Waals surface area contributed by atoms with Crippen LogP contribution in [0.1, 0.15) is 50.7 Å². The number of fused-ring (bicyclic) bond motifs is 2. The van der Waals surface area contributed by atoms with Gasteiger partial charge in [0.1, 0.15) is 5.82 Å². The van der Waals surface area contributed by atoms with E-state index in [2.05, 4.69) is 34.7 Å². The first-order valence-corrected chi connectivity index (χ1v) is 20.4. The van der Waals surface area contributed by atoms with Crippen LogP contribution in [0.25, 0.3) is 11.3 Å². The molecule has 6 heterocycles. The Morgan fingerprint density at radius 1 is 0.940 bits per heavy atom. The van der Waals surface area contributed by atoms with E-state index in [0.717, 1.165) is 66.2 Å². The van der Waals surface area contributed by atoms with Crippen LogP contribution >= 0.6 is 11.3 Å². The zero-order valence-corrected chi connectivity index (χ0v) is 30.9. The van der Waals surface area contributed by atoms with Crippen LogP contribution < -0.4 is 14.9 Å². The van der Waals surface area contributed by atoms with E-state index in [0.29, 0.717) is 12.6 Å². The number of rotatable bonds is 9. The number of imidazole rings is 1. The fourth-order valence-corrected chi connectivity index (χ4v) is 9.59. The van der Waals surface area contributed by atoms with Gasteiger partial charge < -0.3 is 14.8 Å². The molecule has 10 nitrogen and oxygen atoms in total. The van der Waals surface area contributed by atoms with Gasteiger partial charge in [-0.15, -0.1) is 0 Å². The van der Waals surface area contributed by atoms with Crippen LogP contribution in [-0.4, -0.2) is 97.2 Å². The lowest BCUT2D eigenvalue weighted by atomic mass is 10.0. The number of aryl methyl sites for hydroxylation is 2. The van der Waals surface area contributed by atoms with E-state index in [9.17, 15) is 12.8 Å². The first kappa shape index (κ1) is 36.6. The van der Waals surface area contributed by atoms with Crippen molar-refractivity contribution in [2.24, 2.45) is 0 Å². The zero-order valence-electron chi connectivity index (χ0n) is 29.3. The van der Waals surface area contributed by atoms with Gasteiger partial charge in [-0.05, 0) is 68.5 Å². The zero-order chi connectivity index (χ0) is 34.9. The summed E-state index contributed by atoms with van der Waals surface area (Å²) in [5, 5.41) is 4.19. The van der Waals surface area contributed by atoms with E-state index < -0.39 is 10.0 Å². The second-order valence-electron chi connectivity index (χ2n) is 13.1. The van der Waals surface area contributed by atoms with Gasteiger partial charge in [-0.25, -0.2) is 27.5 Å². The minimum absolute atomic E-state index is 0.148. The Labute approximate surface area is 300 Å². The van der Waals surface area contributed by atoms with Crippen molar-refractivity contribution in [2.75, 3.05) is 57.3 Å². The van der Waals surface area contributed by atoms with Gasteiger partial charge in [0.05, 0.1) is 24.4 Å². The number of thiazole rings is 1. The molecule has 50 heavy (non-hydrogen) atoms. The second kappa shape index (κ2) is 17.3. The molecule has 4 aliphatic rings. The van der Waals surface area contributed by atoms with E-state index in [4.69, 9.17) is 0 Å². The Morgan fingerprint density at radius 3 is 2.50 bits per heavy atom. The SMILES string of the molecule is C1CC2CNCCN2C1.CC.O=S(=O)(NCc1ccccc1-c1cncn1CCc1ccc(F)cc1)c1cnc(N2CCN3CCCC3C2)s1. The molecular formula is C37H51FN8O2S2. The Morgan fingerprint density at radius 2 is 1.70 bits per heavy atom. The van der Waals surface area contributed by atoms with Gasteiger partial charge in [0.2, 0.25) is 0 Å². The normalized spacial score (nSPS) is 20.7. The third-order valence-electron chi connectivity index (χ3n) is 10.1. The average molecular weight is 723 g/mol. The smallest absolute Gasteiger partial charge is 0.252 e. The summed E-state index contributed by atoms with van der Waals surface area (Å²) in [4.78, 5) is 16.2. The molecule has 4 fully saturated rings. The molecule has 2 atom stereocenters. The van der Waals surface area contributed by atoms with Crippen molar-refractivity contribution in [3.63, 3.8) is 0 Å². The Hall–Kier alpha value is -3.20. The molecule has 2 aromatic carbocycles. The molecule has 0 spiro atoms. The molecule has 0 radical (unpaired) electrons. The Kier molecular flexibility index (Phi) is 12.7. The summed E-state index contributed by atoms with van der Waals surface area (Å²) in [5.74, 6) is -0.250. The molecule has 0 saturated carbocycles. The van der Waals surface area contributed by atoms with Crippen LogP contribution in [0.3, 0.4) is 0 Å². The number of hydrogen-bond acceptors (Lipinski definition) is 9. The molecule has 8 rings (SSSR count).